The first-order valence-electron chi connectivity index (χ1n) is 9.40. The van der Waals surface area contributed by atoms with Crippen LogP contribution in [0, 0.1) is 5.92 Å². The molecule has 2 bridgehead atoms. The third-order valence-corrected chi connectivity index (χ3v) is 6.04. The number of hydrogen-bond donors (Lipinski definition) is 3. The first kappa shape index (κ1) is 18.4. The minimum absolute atomic E-state index is 0.194. The molecule has 1 amide bonds. The van der Waals surface area contributed by atoms with Gasteiger partial charge in [-0.3, -0.25) is 4.79 Å². The van der Waals surface area contributed by atoms with Gasteiger partial charge < -0.3 is 20.7 Å². The smallest absolute Gasteiger partial charge is 0.429 e. The summed E-state index contributed by atoms with van der Waals surface area (Å²) in [5.74, 6) is 0.751. The van der Waals surface area contributed by atoms with Gasteiger partial charge in [-0.05, 0) is 86.9 Å². The van der Waals surface area contributed by atoms with Crippen molar-refractivity contribution < 1.29 is 14.5 Å². The Labute approximate surface area is 150 Å². The second kappa shape index (κ2) is 8.34. The van der Waals surface area contributed by atoms with E-state index in [0.717, 1.165) is 5.92 Å². The predicted octanol–water partition coefficient (Wildman–Crippen LogP) is 2.25. The summed E-state index contributed by atoms with van der Waals surface area (Å²) in [6.07, 6.45) is 8.59. The van der Waals surface area contributed by atoms with Gasteiger partial charge in [-0.1, -0.05) is 12.1 Å². The molecule has 1 radical (unpaired) electrons. The molecule has 6 heteroatoms. The Hall–Kier alpha value is -1.37. The first-order chi connectivity index (χ1) is 12.2. The lowest BCUT2D eigenvalue weighted by Gasteiger charge is -2.47. The molecule has 4 N–H and O–H groups in total. The van der Waals surface area contributed by atoms with E-state index in [2.05, 4.69) is 17.4 Å². The fourth-order valence-electron chi connectivity index (χ4n) is 4.44. The molecular formula is C19H28BN2O3. The molecule has 0 aromatic heterocycles. The average Bonchev–Trinajstić information content (AvgIpc) is 2.68. The van der Waals surface area contributed by atoms with Crippen molar-refractivity contribution in [2.75, 3.05) is 6.54 Å². The second-order valence-corrected chi connectivity index (χ2v) is 7.47. The van der Waals surface area contributed by atoms with Gasteiger partial charge in [0, 0.05) is 5.56 Å². The standard InChI is InChI=1S/C19H28BN2O3/c21-13-1-2-17(25-20-24)22-18(23)15-3-5-16(6-4-15)19-10-7-14(8-11-19)9-12-19/h3-6,14,17,24H,1-2,7-13,21H2,(H,22,23)/t14?,17-,19?/m1/s1. The number of rotatable bonds is 8. The molecular weight excluding hydrogens is 315 g/mol. The lowest BCUT2D eigenvalue weighted by atomic mass is 9.58. The van der Waals surface area contributed by atoms with E-state index in [1.807, 2.05) is 12.1 Å². The first-order valence-corrected chi connectivity index (χ1v) is 9.40. The average molecular weight is 343 g/mol. The molecule has 3 aliphatic rings. The molecule has 5 nitrogen and oxygen atoms in total. The summed E-state index contributed by atoms with van der Waals surface area (Å²) in [6.45, 7) is 0.513. The molecule has 0 unspecified atom stereocenters. The van der Waals surface area contributed by atoms with Crippen molar-refractivity contribution in [2.45, 2.75) is 63.0 Å². The summed E-state index contributed by atoms with van der Waals surface area (Å²) in [7, 11) is 0.614. The second-order valence-electron chi connectivity index (χ2n) is 7.47. The van der Waals surface area contributed by atoms with Crippen molar-refractivity contribution in [3.63, 3.8) is 0 Å². The lowest BCUT2D eigenvalue weighted by molar-refractivity contribution is 0.0792. The molecule has 0 aliphatic heterocycles. The van der Waals surface area contributed by atoms with E-state index in [0.29, 0.717) is 38.0 Å². The largest absolute Gasteiger partial charge is 0.486 e. The molecule has 0 heterocycles. The number of fused-ring (bicyclic) bond motifs is 3. The molecule has 4 rings (SSSR count). The molecule has 1 atom stereocenters. The Balaban J connectivity index is 1.64. The van der Waals surface area contributed by atoms with Crippen molar-refractivity contribution in [2.24, 2.45) is 11.7 Å². The van der Waals surface area contributed by atoms with Crippen LogP contribution in [0.4, 0.5) is 0 Å². The normalized spacial score (nSPS) is 26.2. The van der Waals surface area contributed by atoms with Crippen LogP contribution in [0.15, 0.2) is 24.3 Å². The van der Waals surface area contributed by atoms with Gasteiger partial charge in [-0.15, -0.1) is 0 Å². The molecule has 135 valence electrons. The molecule has 0 saturated heterocycles. The van der Waals surface area contributed by atoms with Crippen LogP contribution in [0.1, 0.15) is 67.3 Å². The van der Waals surface area contributed by atoms with Gasteiger partial charge in [-0.25, -0.2) is 0 Å². The highest BCUT2D eigenvalue weighted by Gasteiger charge is 2.41. The highest BCUT2D eigenvalue weighted by atomic mass is 16.5. The minimum Gasteiger partial charge on any atom is -0.429 e. The Bertz CT molecular complexity index is 557. The van der Waals surface area contributed by atoms with Gasteiger partial charge in [0.1, 0.15) is 6.23 Å². The van der Waals surface area contributed by atoms with Crippen molar-refractivity contribution in [1.82, 2.24) is 5.32 Å². The third kappa shape index (κ3) is 4.25. The van der Waals surface area contributed by atoms with Gasteiger partial charge in [-0.2, -0.15) is 0 Å². The highest BCUT2D eigenvalue weighted by Crippen LogP contribution is 2.51. The SMILES string of the molecule is NCCC[C@H](NC(=O)c1ccc(C23CCC(CC2)CC3)cc1)O[B]O. The molecule has 25 heavy (non-hydrogen) atoms. The Kier molecular flexibility index (Phi) is 6.15. The van der Waals surface area contributed by atoms with E-state index in [-0.39, 0.29) is 5.91 Å². The summed E-state index contributed by atoms with van der Waals surface area (Å²) in [6, 6.07) is 8.05. The van der Waals surface area contributed by atoms with Crippen LogP contribution >= 0.6 is 0 Å². The molecule has 3 fully saturated rings. The summed E-state index contributed by atoms with van der Waals surface area (Å²) in [5.41, 5.74) is 7.82. The summed E-state index contributed by atoms with van der Waals surface area (Å²) < 4.78 is 5.04. The number of carbonyl (C=O) groups is 1. The van der Waals surface area contributed by atoms with Gasteiger partial charge in [0.25, 0.3) is 5.91 Å². The number of nitrogens with two attached hydrogens (primary N) is 1. The molecule has 3 saturated carbocycles. The lowest BCUT2D eigenvalue weighted by Crippen LogP contribution is -2.39. The number of hydrogen-bond acceptors (Lipinski definition) is 4. The predicted molar refractivity (Wildman–Crippen MR) is 97.9 cm³/mol. The van der Waals surface area contributed by atoms with Gasteiger partial charge in [0.2, 0.25) is 0 Å². The van der Waals surface area contributed by atoms with Crippen molar-refractivity contribution in [3.05, 3.63) is 35.4 Å². The molecule has 3 aliphatic carbocycles. The van der Waals surface area contributed by atoms with Crippen LogP contribution < -0.4 is 11.1 Å². The topological polar surface area (TPSA) is 84.6 Å². The highest BCUT2D eigenvalue weighted by molar-refractivity contribution is 6.16. The van der Waals surface area contributed by atoms with Crippen LogP contribution in [0.3, 0.4) is 0 Å². The molecule has 1 aromatic carbocycles. The quantitative estimate of drug-likeness (QED) is 0.499. The zero-order valence-electron chi connectivity index (χ0n) is 14.7. The van der Waals surface area contributed by atoms with Crippen LogP contribution in [-0.4, -0.2) is 31.4 Å². The van der Waals surface area contributed by atoms with Crippen molar-refractivity contribution in [3.8, 4) is 0 Å². The Morgan fingerprint density at radius 2 is 1.92 bits per heavy atom. The van der Waals surface area contributed by atoms with E-state index in [4.69, 9.17) is 15.4 Å². The van der Waals surface area contributed by atoms with Crippen molar-refractivity contribution >= 4 is 13.6 Å². The zero-order valence-corrected chi connectivity index (χ0v) is 14.7. The number of amides is 1. The zero-order chi connectivity index (χ0) is 17.7. The maximum Gasteiger partial charge on any atom is 0.486 e. The number of benzene rings is 1. The summed E-state index contributed by atoms with van der Waals surface area (Å²) >= 11 is 0. The molecule has 1 aromatic rings. The van der Waals surface area contributed by atoms with E-state index in [1.165, 1.54) is 44.1 Å². The number of carbonyl (C=O) groups excluding carboxylic acids is 1. The van der Waals surface area contributed by atoms with Gasteiger partial charge in [0.05, 0.1) is 0 Å². The summed E-state index contributed by atoms with van der Waals surface area (Å²) in [5, 5.41) is 11.6. The van der Waals surface area contributed by atoms with E-state index >= 15 is 0 Å². The van der Waals surface area contributed by atoms with Crippen LogP contribution in [-0.2, 0) is 10.1 Å². The molecule has 0 spiro atoms. The third-order valence-electron chi connectivity index (χ3n) is 6.04. The van der Waals surface area contributed by atoms with E-state index < -0.39 is 6.23 Å². The minimum atomic E-state index is -0.562. The fraction of sp³-hybridized carbons (Fsp3) is 0.632. The number of nitrogens with one attached hydrogen (secondary N) is 1. The van der Waals surface area contributed by atoms with Crippen LogP contribution in [0.25, 0.3) is 0 Å². The Morgan fingerprint density at radius 1 is 1.28 bits per heavy atom. The maximum absolute atomic E-state index is 12.4. The maximum atomic E-state index is 12.4. The fourth-order valence-corrected chi connectivity index (χ4v) is 4.44. The summed E-state index contributed by atoms with van der Waals surface area (Å²) in [4.78, 5) is 12.4. The van der Waals surface area contributed by atoms with Gasteiger partial charge in [0.15, 0.2) is 0 Å². The van der Waals surface area contributed by atoms with Crippen LogP contribution in [0.2, 0.25) is 0 Å². The van der Waals surface area contributed by atoms with E-state index in [9.17, 15) is 4.79 Å². The Morgan fingerprint density at radius 3 is 2.48 bits per heavy atom. The van der Waals surface area contributed by atoms with Crippen molar-refractivity contribution in [1.29, 1.82) is 0 Å². The monoisotopic (exact) mass is 343 g/mol. The van der Waals surface area contributed by atoms with Crippen LogP contribution in [0.5, 0.6) is 0 Å². The van der Waals surface area contributed by atoms with E-state index in [1.54, 1.807) is 0 Å². The van der Waals surface area contributed by atoms with Gasteiger partial charge >= 0.3 is 7.69 Å².